The lowest BCUT2D eigenvalue weighted by atomic mass is 10.0. The minimum absolute atomic E-state index is 0.113. The maximum atomic E-state index is 13.7. The molecule has 0 aromatic heterocycles. The minimum atomic E-state index is -0.571. The van der Waals surface area contributed by atoms with E-state index in [9.17, 15) is 8.78 Å². The zero-order valence-electron chi connectivity index (χ0n) is 10.1. The molecular weight excluding hydrogens is 300 g/mol. The van der Waals surface area contributed by atoms with Crippen molar-refractivity contribution in [1.29, 1.82) is 0 Å². The molecule has 1 aromatic carbocycles. The molecule has 0 saturated carbocycles. The van der Waals surface area contributed by atoms with Crippen molar-refractivity contribution in [2.24, 2.45) is 0 Å². The lowest BCUT2D eigenvalue weighted by Gasteiger charge is -2.19. The van der Waals surface area contributed by atoms with Gasteiger partial charge in [-0.05, 0) is 41.3 Å². The van der Waals surface area contributed by atoms with Crippen LogP contribution in [0.1, 0.15) is 32.1 Å². The Balaban J connectivity index is 2.15. The Morgan fingerprint density at radius 3 is 2.78 bits per heavy atom. The lowest BCUT2D eigenvalue weighted by molar-refractivity contribution is 0.577. The second-order valence-corrected chi connectivity index (χ2v) is 5.42. The van der Waals surface area contributed by atoms with Crippen molar-refractivity contribution in [3.8, 4) is 0 Å². The van der Waals surface area contributed by atoms with Crippen molar-refractivity contribution in [2.75, 3.05) is 5.32 Å². The van der Waals surface area contributed by atoms with E-state index < -0.39 is 11.6 Å². The number of hydrogen-bond donors (Lipinski definition) is 1. The average molecular weight is 316 g/mol. The van der Waals surface area contributed by atoms with E-state index in [0.29, 0.717) is 10.2 Å². The smallest absolute Gasteiger partial charge is 0.150 e. The molecule has 1 N–H and O–H groups in total. The third-order valence-electron chi connectivity index (χ3n) is 3.09. The zero-order chi connectivity index (χ0) is 13.0. The van der Waals surface area contributed by atoms with Gasteiger partial charge in [0, 0.05) is 16.6 Å². The molecule has 4 heteroatoms. The number of benzene rings is 1. The van der Waals surface area contributed by atoms with Crippen LogP contribution >= 0.6 is 15.9 Å². The van der Waals surface area contributed by atoms with Crippen molar-refractivity contribution >= 4 is 21.6 Å². The van der Waals surface area contributed by atoms with Crippen molar-refractivity contribution in [1.82, 2.24) is 0 Å². The van der Waals surface area contributed by atoms with Gasteiger partial charge in [-0.1, -0.05) is 25.0 Å². The van der Waals surface area contributed by atoms with Gasteiger partial charge in [-0.2, -0.15) is 0 Å². The monoisotopic (exact) mass is 315 g/mol. The van der Waals surface area contributed by atoms with Gasteiger partial charge in [-0.25, -0.2) is 8.78 Å². The second kappa shape index (κ2) is 6.32. The van der Waals surface area contributed by atoms with Crippen LogP contribution in [0.25, 0.3) is 0 Å². The van der Waals surface area contributed by atoms with Gasteiger partial charge in [-0.15, -0.1) is 0 Å². The summed E-state index contributed by atoms with van der Waals surface area (Å²) in [6.07, 6.45) is 9.81. The molecule has 1 unspecified atom stereocenters. The first-order valence-electron chi connectivity index (χ1n) is 6.24. The molecule has 98 valence electrons. The van der Waals surface area contributed by atoms with Crippen molar-refractivity contribution < 1.29 is 8.78 Å². The average Bonchev–Trinajstić information content (AvgIpc) is 2.25. The Hall–Kier alpha value is -0.900. The molecule has 0 spiro atoms. The van der Waals surface area contributed by atoms with Crippen molar-refractivity contribution in [3.63, 3.8) is 0 Å². The van der Waals surface area contributed by atoms with Gasteiger partial charge in [0.25, 0.3) is 0 Å². The number of nitrogens with one attached hydrogen (secondary N) is 1. The molecule has 18 heavy (non-hydrogen) atoms. The Kier molecular flexibility index (Phi) is 4.75. The predicted molar refractivity (Wildman–Crippen MR) is 73.7 cm³/mol. The van der Waals surface area contributed by atoms with Gasteiger partial charge in [0.1, 0.15) is 11.6 Å². The van der Waals surface area contributed by atoms with Gasteiger partial charge in [0.05, 0.1) is 5.69 Å². The molecule has 0 aliphatic heterocycles. The van der Waals surface area contributed by atoms with Crippen LogP contribution in [0.5, 0.6) is 0 Å². The zero-order valence-corrected chi connectivity index (χ0v) is 11.6. The molecule has 0 heterocycles. The molecular formula is C14H16BrF2N. The molecule has 0 radical (unpaired) electrons. The number of halogens is 3. The molecule has 1 atom stereocenters. The Morgan fingerprint density at radius 2 is 2.00 bits per heavy atom. The van der Waals surface area contributed by atoms with Crippen LogP contribution in [-0.2, 0) is 0 Å². The van der Waals surface area contributed by atoms with E-state index in [2.05, 4.69) is 33.4 Å². The topological polar surface area (TPSA) is 12.0 Å². The summed E-state index contributed by atoms with van der Waals surface area (Å²) in [7, 11) is 0. The maximum Gasteiger partial charge on any atom is 0.150 e. The third kappa shape index (κ3) is 3.55. The van der Waals surface area contributed by atoms with Gasteiger partial charge < -0.3 is 5.32 Å². The minimum Gasteiger partial charge on any atom is -0.376 e. The predicted octanol–water partition coefficient (Wildman–Crippen LogP) is 5.03. The van der Waals surface area contributed by atoms with Crippen LogP contribution in [0.15, 0.2) is 28.8 Å². The maximum absolute atomic E-state index is 13.7. The lowest BCUT2D eigenvalue weighted by Crippen LogP contribution is -2.18. The molecule has 2 rings (SSSR count). The summed E-state index contributed by atoms with van der Waals surface area (Å²) < 4.78 is 27.1. The third-order valence-corrected chi connectivity index (χ3v) is 3.72. The van der Waals surface area contributed by atoms with E-state index in [1.54, 1.807) is 0 Å². The highest BCUT2D eigenvalue weighted by molar-refractivity contribution is 9.10. The van der Waals surface area contributed by atoms with Crippen LogP contribution in [0.3, 0.4) is 0 Å². The van der Waals surface area contributed by atoms with E-state index in [4.69, 9.17) is 0 Å². The van der Waals surface area contributed by atoms with E-state index in [0.717, 1.165) is 25.3 Å². The first-order chi connectivity index (χ1) is 8.66. The molecule has 1 nitrogen and oxygen atoms in total. The fourth-order valence-corrected chi connectivity index (χ4v) is 2.67. The van der Waals surface area contributed by atoms with Crippen LogP contribution in [0.2, 0.25) is 0 Å². The Morgan fingerprint density at radius 1 is 1.17 bits per heavy atom. The van der Waals surface area contributed by atoms with E-state index in [1.165, 1.54) is 18.9 Å². The molecule has 0 saturated heterocycles. The summed E-state index contributed by atoms with van der Waals surface area (Å²) in [5.41, 5.74) is 0.339. The van der Waals surface area contributed by atoms with Crippen molar-refractivity contribution in [2.45, 2.75) is 38.1 Å². The van der Waals surface area contributed by atoms with Crippen molar-refractivity contribution in [3.05, 3.63) is 40.4 Å². The normalized spacial score (nSPS) is 22.1. The molecule has 1 aliphatic carbocycles. The summed E-state index contributed by atoms with van der Waals surface area (Å²) in [6.45, 7) is 0. The molecule has 0 amide bonds. The molecule has 1 aliphatic rings. The van der Waals surface area contributed by atoms with E-state index in [1.807, 2.05) is 0 Å². The standard InChI is InChI=1S/C14H16BrF2N/c15-12-8-10(16)9-13(17)14(12)18-11-6-4-2-1-3-5-7-11/h4,6,8-9,11,18H,1-3,5,7H2/b6-4+. The Labute approximate surface area is 114 Å². The van der Waals surface area contributed by atoms with Crippen LogP contribution in [0, 0.1) is 11.6 Å². The molecule has 0 fully saturated rings. The summed E-state index contributed by atoms with van der Waals surface area (Å²) in [6, 6.07) is 2.29. The molecule has 0 bridgehead atoms. The quantitative estimate of drug-likeness (QED) is 0.755. The summed E-state index contributed by atoms with van der Waals surface area (Å²) in [5.74, 6) is -1.13. The summed E-state index contributed by atoms with van der Waals surface area (Å²) in [4.78, 5) is 0. The van der Waals surface area contributed by atoms with Crippen LogP contribution in [0.4, 0.5) is 14.5 Å². The van der Waals surface area contributed by atoms with Gasteiger partial charge in [0.2, 0.25) is 0 Å². The SMILES string of the molecule is Fc1cc(F)c(NC2/C=C/CCCCC2)c(Br)c1. The largest absolute Gasteiger partial charge is 0.376 e. The fraction of sp³-hybridized carbons (Fsp3) is 0.429. The van der Waals surface area contributed by atoms with Crippen LogP contribution in [-0.4, -0.2) is 6.04 Å². The van der Waals surface area contributed by atoms with E-state index in [-0.39, 0.29) is 6.04 Å². The van der Waals surface area contributed by atoms with Gasteiger partial charge in [0.15, 0.2) is 0 Å². The first-order valence-corrected chi connectivity index (χ1v) is 7.04. The second-order valence-electron chi connectivity index (χ2n) is 4.56. The molecule has 1 aromatic rings. The van der Waals surface area contributed by atoms with Crippen LogP contribution < -0.4 is 5.32 Å². The number of rotatable bonds is 2. The highest BCUT2D eigenvalue weighted by Crippen LogP contribution is 2.28. The summed E-state index contributed by atoms with van der Waals surface area (Å²) in [5, 5.41) is 3.14. The first kappa shape index (κ1) is 13.5. The van der Waals surface area contributed by atoms with Gasteiger partial charge >= 0.3 is 0 Å². The van der Waals surface area contributed by atoms with Gasteiger partial charge in [-0.3, -0.25) is 0 Å². The number of anilines is 1. The highest BCUT2D eigenvalue weighted by Gasteiger charge is 2.13. The number of allylic oxidation sites excluding steroid dienone is 1. The van der Waals surface area contributed by atoms with E-state index >= 15 is 0 Å². The Bertz CT molecular complexity index is 422. The fourth-order valence-electron chi connectivity index (χ4n) is 2.15. The number of hydrogen-bond acceptors (Lipinski definition) is 1. The highest BCUT2D eigenvalue weighted by atomic mass is 79.9. The summed E-state index contributed by atoms with van der Waals surface area (Å²) >= 11 is 3.19.